The van der Waals surface area contributed by atoms with E-state index in [2.05, 4.69) is 20.5 Å². The average Bonchev–Trinajstić information content (AvgIpc) is 3.26. The summed E-state index contributed by atoms with van der Waals surface area (Å²) < 4.78 is 29.4. The van der Waals surface area contributed by atoms with Crippen LogP contribution < -0.4 is 10.2 Å². The summed E-state index contributed by atoms with van der Waals surface area (Å²) in [6, 6.07) is 8.85. The molecule has 0 aliphatic carbocycles. The van der Waals surface area contributed by atoms with Gasteiger partial charge in [0.2, 0.25) is 0 Å². The van der Waals surface area contributed by atoms with E-state index in [1.807, 2.05) is 6.92 Å². The third-order valence-electron chi connectivity index (χ3n) is 6.06. The topological polar surface area (TPSA) is 71.0 Å². The van der Waals surface area contributed by atoms with Crippen molar-refractivity contribution >= 4 is 33.8 Å². The predicted octanol–water partition coefficient (Wildman–Crippen LogP) is 5.05. The van der Waals surface area contributed by atoms with Gasteiger partial charge in [0.15, 0.2) is 0 Å². The lowest BCUT2D eigenvalue weighted by molar-refractivity contribution is 0.0968. The molecule has 6 nitrogen and oxygen atoms in total. The Hall–Kier alpha value is -3.30. The van der Waals surface area contributed by atoms with E-state index in [1.165, 1.54) is 35.6 Å². The Morgan fingerprint density at radius 3 is 2.71 bits per heavy atom. The van der Waals surface area contributed by atoms with Crippen LogP contribution in [0.15, 0.2) is 42.6 Å². The maximum Gasteiger partial charge on any atom is 0.262 e. The number of hydrogen-bond donors (Lipinski definition) is 1. The summed E-state index contributed by atoms with van der Waals surface area (Å²) in [5, 5.41) is 14.1. The van der Waals surface area contributed by atoms with E-state index in [9.17, 15) is 9.18 Å². The van der Waals surface area contributed by atoms with Crippen LogP contribution in [0.2, 0.25) is 0 Å². The van der Waals surface area contributed by atoms with Crippen molar-refractivity contribution < 1.29 is 13.6 Å². The molecule has 0 unspecified atom stereocenters. The highest BCUT2D eigenvalue weighted by atomic mass is 32.1. The number of aryl methyl sites for hydroxylation is 2. The minimum absolute atomic E-state index is 0.0471. The Bertz CT molecular complexity index is 1380. The van der Waals surface area contributed by atoms with Crippen molar-refractivity contribution in [3.05, 3.63) is 70.4 Å². The average molecular weight is 480 g/mol. The summed E-state index contributed by atoms with van der Waals surface area (Å²) in [6.45, 7) is 5.04. The molecule has 2 aromatic heterocycles. The maximum atomic E-state index is 15.3. The molecule has 1 fully saturated rings. The molecule has 0 spiro atoms. The molecule has 174 valence electrons. The zero-order valence-electron chi connectivity index (χ0n) is 18.8. The predicted molar refractivity (Wildman–Crippen MR) is 129 cm³/mol. The quantitative estimate of drug-likeness (QED) is 0.444. The number of nitrogens with zero attached hydrogens (tertiary/aromatic N) is 4. The number of piperidine rings is 1. The van der Waals surface area contributed by atoms with Gasteiger partial charge in [-0.2, -0.15) is 0 Å². The Morgan fingerprint density at radius 1 is 1.15 bits per heavy atom. The summed E-state index contributed by atoms with van der Waals surface area (Å²) in [5.74, 6) is -1.05. The Balaban J connectivity index is 1.61. The van der Waals surface area contributed by atoms with Gasteiger partial charge in [-0.15, -0.1) is 10.2 Å². The van der Waals surface area contributed by atoms with Crippen LogP contribution in [0.1, 0.15) is 33.8 Å². The van der Waals surface area contributed by atoms with E-state index in [-0.39, 0.29) is 17.4 Å². The molecular formula is C25H23F2N5OS. The molecule has 34 heavy (non-hydrogen) atoms. The number of anilines is 1. The molecule has 4 aromatic rings. The molecule has 1 N–H and O–H groups in total. The molecular weight excluding hydrogens is 456 g/mol. The number of nitrogens with one attached hydrogen (secondary N) is 1. The van der Waals surface area contributed by atoms with Gasteiger partial charge in [-0.25, -0.2) is 13.8 Å². The molecule has 9 heteroatoms. The van der Waals surface area contributed by atoms with E-state index in [1.54, 1.807) is 30.2 Å². The Labute approximate surface area is 199 Å². The lowest BCUT2D eigenvalue weighted by atomic mass is 10.0. The first-order valence-corrected chi connectivity index (χ1v) is 11.9. The maximum absolute atomic E-state index is 15.3. The van der Waals surface area contributed by atoms with Crippen LogP contribution >= 0.6 is 11.3 Å². The van der Waals surface area contributed by atoms with Gasteiger partial charge in [-0.1, -0.05) is 17.4 Å². The number of rotatable bonds is 4. The summed E-state index contributed by atoms with van der Waals surface area (Å²) in [7, 11) is 0. The summed E-state index contributed by atoms with van der Waals surface area (Å²) in [6.07, 6.45) is 3.19. The van der Waals surface area contributed by atoms with Crippen LogP contribution in [0, 0.1) is 25.5 Å². The Morgan fingerprint density at radius 2 is 2.00 bits per heavy atom. The molecule has 1 saturated heterocycles. The molecule has 2 aromatic carbocycles. The van der Waals surface area contributed by atoms with Crippen molar-refractivity contribution in [2.45, 2.75) is 32.7 Å². The normalized spacial score (nSPS) is 16.1. The molecule has 1 aliphatic rings. The number of carbonyl (C=O) groups is 1. The van der Waals surface area contributed by atoms with Crippen molar-refractivity contribution in [1.82, 2.24) is 20.5 Å². The first kappa shape index (κ1) is 22.5. The highest BCUT2D eigenvalue weighted by molar-refractivity contribution is 7.14. The van der Waals surface area contributed by atoms with Gasteiger partial charge in [0, 0.05) is 23.7 Å². The van der Waals surface area contributed by atoms with Crippen molar-refractivity contribution in [2.24, 2.45) is 0 Å². The minimum Gasteiger partial charge on any atom is -0.315 e. The van der Waals surface area contributed by atoms with E-state index in [0.29, 0.717) is 39.3 Å². The molecule has 1 aliphatic heterocycles. The number of aromatic nitrogens is 3. The largest absolute Gasteiger partial charge is 0.315 e. The van der Waals surface area contributed by atoms with E-state index >= 15 is 4.39 Å². The molecule has 1 amide bonds. The Kier molecular flexibility index (Phi) is 6.05. The molecule has 0 bridgehead atoms. The molecule has 1 atom stereocenters. The highest BCUT2D eigenvalue weighted by Gasteiger charge is 2.32. The molecule has 5 rings (SSSR count). The van der Waals surface area contributed by atoms with Crippen LogP contribution in [-0.2, 0) is 0 Å². The minimum atomic E-state index is -0.632. The number of fused-ring (bicyclic) bond motifs is 1. The fourth-order valence-electron chi connectivity index (χ4n) is 4.49. The number of carbonyl (C=O) groups excluding carboxylic acids is 1. The standard InChI is InChI=1S/C25H23F2N5OS/c1-14-10-18(26)11-16-7-9-29-23(22(14)16)32(19-4-3-8-28-13-19)25(33)20-6-5-17(12-21(20)27)24-31-30-15(2)34-24/h5-7,9-12,19,28H,3-4,8,13H2,1-2H3/t19-/m1/s1. The SMILES string of the molecule is Cc1nnc(-c2ccc(C(=O)N(c3nccc4cc(F)cc(C)c34)[C@@H]3CCCNC3)c(F)c2)s1. The second-order valence-corrected chi connectivity index (χ2v) is 9.63. The van der Waals surface area contributed by atoms with Crippen LogP contribution in [-0.4, -0.2) is 40.2 Å². The monoisotopic (exact) mass is 479 g/mol. The van der Waals surface area contributed by atoms with Crippen LogP contribution in [0.25, 0.3) is 21.3 Å². The zero-order valence-corrected chi connectivity index (χ0v) is 19.6. The van der Waals surface area contributed by atoms with Gasteiger partial charge in [0.05, 0.1) is 11.6 Å². The lowest BCUT2D eigenvalue weighted by Gasteiger charge is -2.35. The first-order chi connectivity index (χ1) is 16.4. The third kappa shape index (κ3) is 4.17. The molecule has 0 saturated carbocycles. The molecule has 3 heterocycles. The van der Waals surface area contributed by atoms with Crippen molar-refractivity contribution in [3.8, 4) is 10.6 Å². The number of halogens is 2. The zero-order chi connectivity index (χ0) is 23.8. The van der Waals surface area contributed by atoms with Gasteiger partial charge in [-0.3, -0.25) is 9.69 Å². The first-order valence-electron chi connectivity index (χ1n) is 11.1. The van der Waals surface area contributed by atoms with Gasteiger partial charge >= 0.3 is 0 Å². The number of hydrogen-bond acceptors (Lipinski definition) is 6. The fraction of sp³-hybridized carbons (Fsp3) is 0.280. The summed E-state index contributed by atoms with van der Waals surface area (Å²) in [5.41, 5.74) is 1.19. The highest BCUT2D eigenvalue weighted by Crippen LogP contribution is 2.33. The van der Waals surface area contributed by atoms with Gasteiger partial charge < -0.3 is 5.32 Å². The summed E-state index contributed by atoms with van der Waals surface area (Å²) in [4.78, 5) is 20.0. The second-order valence-electron chi connectivity index (χ2n) is 8.45. The van der Waals surface area contributed by atoms with Crippen LogP contribution in [0.3, 0.4) is 0 Å². The third-order valence-corrected chi connectivity index (χ3v) is 6.95. The van der Waals surface area contributed by atoms with Crippen LogP contribution in [0.5, 0.6) is 0 Å². The van der Waals surface area contributed by atoms with Crippen molar-refractivity contribution in [2.75, 3.05) is 18.0 Å². The number of amides is 1. The van der Waals surface area contributed by atoms with E-state index in [4.69, 9.17) is 0 Å². The fourth-order valence-corrected chi connectivity index (χ4v) is 5.18. The van der Waals surface area contributed by atoms with Gasteiger partial charge in [-0.05, 0) is 74.5 Å². The number of benzene rings is 2. The van der Waals surface area contributed by atoms with Crippen molar-refractivity contribution in [1.29, 1.82) is 0 Å². The lowest BCUT2D eigenvalue weighted by Crippen LogP contribution is -2.49. The van der Waals surface area contributed by atoms with Gasteiger partial charge in [0.1, 0.15) is 27.5 Å². The summed E-state index contributed by atoms with van der Waals surface area (Å²) >= 11 is 1.36. The number of pyridine rings is 1. The second kappa shape index (κ2) is 9.15. The van der Waals surface area contributed by atoms with Crippen LogP contribution in [0.4, 0.5) is 14.6 Å². The molecule has 0 radical (unpaired) electrons. The van der Waals surface area contributed by atoms with Gasteiger partial charge in [0.25, 0.3) is 5.91 Å². The van der Waals surface area contributed by atoms with E-state index in [0.717, 1.165) is 24.4 Å². The van der Waals surface area contributed by atoms with E-state index < -0.39 is 11.7 Å². The smallest absolute Gasteiger partial charge is 0.262 e. The van der Waals surface area contributed by atoms with Crippen molar-refractivity contribution in [3.63, 3.8) is 0 Å².